The average molecular weight is 379 g/mol. The summed E-state index contributed by atoms with van der Waals surface area (Å²) >= 11 is 0. The summed E-state index contributed by atoms with van der Waals surface area (Å²) in [6.45, 7) is 6.37. The number of piperidine rings is 2. The Balaban J connectivity index is 1.87. The van der Waals surface area contributed by atoms with Crippen molar-refractivity contribution >= 4 is 15.9 Å². The van der Waals surface area contributed by atoms with Crippen LogP contribution < -0.4 is 0 Å². The Kier molecular flexibility index (Phi) is 5.72. The van der Waals surface area contributed by atoms with Crippen molar-refractivity contribution in [3.63, 3.8) is 0 Å². The third-order valence-electron chi connectivity index (χ3n) is 6.14. The number of rotatable bonds is 4. The van der Waals surface area contributed by atoms with Crippen LogP contribution in [0.5, 0.6) is 0 Å². The molecule has 0 atom stereocenters. The van der Waals surface area contributed by atoms with Crippen molar-refractivity contribution in [3.05, 3.63) is 35.9 Å². The van der Waals surface area contributed by atoms with Gasteiger partial charge in [0.15, 0.2) is 0 Å². The third kappa shape index (κ3) is 3.67. The Morgan fingerprint density at radius 1 is 1.08 bits per heavy atom. The molecule has 1 aromatic carbocycles. The van der Waals surface area contributed by atoms with Crippen molar-refractivity contribution in [1.29, 1.82) is 0 Å². The molecular formula is C20H30N2O3S. The van der Waals surface area contributed by atoms with Gasteiger partial charge in [0.05, 0.1) is 11.2 Å². The lowest BCUT2D eigenvalue weighted by atomic mass is 9.71. The monoisotopic (exact) mass is 378 g/mol. The van der Waals surface area contributed by atoms with Crippen LogP contribution >= 0.6 is 0 Å². The maximum absolute atomic E-state index is 13.6. The second-order valence-electron chi connectivity index (χ2n) is 7.72. The molecule has 2 saturated heterocycles. The normalized spacial score (nSPS) is 22.3. The highest BCUT2D eigenvalue weighted by molar-refractivity contribution is 7.89. The minimum Gasteiger partial charge on any atom is -0.342 e. The van der Waals surface area contributed by atoms with Crippen molar-refractivity contribution in [1.82, 2.24) is 9.21 Å². The Hall–Kier alpha value is -1.40. The second kappa shape index (κ2) is 7.69. The predicted octanol–water partition coefficient (Wildman–Crippen LogP) is 2.63. The van der Waals surface area contributed by atoms with Gasteiger partial charge >= 0.3 is 0 Å². The highest BCUT2D eigenvalue weighted by atomic mass is 32.2. The van der Waals surface area contributed by atoms with E-state index < -0.39 is 15.4 Å². The van der Waals surface area contributed by atoms with E-state index in [1.807, 2.05) is 35.2 Å². The topological polar surface area (TPSA) is 57.7 Å². The second-order valence-corrected chi connectivity index (χ2v) is 9.98. The third-order valence-corrected chi connectivity index (χ3v) is 8.02. The summed E-state index contributed by atoms with van der Waals surface area (Å²) in [5.74, 6) is 0.968. The Labute approximate surface area is 157 Å². The molecule has 0 aromatic heterocycles. The van der Waals surface area contributed by atoms with Gasteiger partial charge in [0.25, 0.3) is 0 Å². The summed E-state index contributed by atoms with van der Waals surface area (Å²) in [6, 6.07) is 9.94. The zero-order valence-electron chi connectivity index (χ0n) is 15.9. The molecular weight excluding hydrogens is 348 g/mol. The SMILES string of the molecule is CCS(=O)(=O)N1CCC(C(=O)N2CCC(C)CC2)(c2ccccc2)CC1. The molecule has 3 rings (SSSR count). The fourth-order valence-corrected chi connectivity index (χ4v) is 5.33. The van der Waals surface area contributed by atoms with E-state index in [0.717, 1.165) is 31.5 Å². The maximum Gasteiger partial charge on any atom is 0.233 e. The van der Waals surface area contributed by atoms with Gasteiger partial charge in [0, 0.05) is 26.2 Å². The first-order valence-corrected chi connectivity index (χ1v) is 11.3. The van der Waals surface area contributed by atoms with Crippen LogP contribution in [0.2, 0.25) is 0 Å². The molecule has 0 bridgehead atoms. The molecule has 0 saturated carbocycles. The van der Waals surface area contributed by atoms with E-state index in [9.17, 15) is 13.2 Å². The standard InChI is InChI=1S/C20H30N2O3S/c1-3-26(24,25)22-15-11-20(12-16-22,18-7-5-4-6-8-18)19(23)21-13-9-17(2)10-14-21/h4-8,17H,3,9-16H2,1-2H3. The zero-order valence-corrected chi connectivity index (χ0v) is 16.7. The smallest absolute Gasteiger partial charge is 0.233 e. The molecule has 26 heavy (non-hydrogen) atoms. The largest absolute Gasteiger partial charge is 0.342 e. The first kappa shape index (κ1) is 19.4. The molecule has 2 heterocycles. The molecule has 2 aliphatic heterocycles. The van der Waals surface area contributed by atoms with E-state index in [1.165, 1.54) is 0 Å². The number of carbonyl (C=O) groups is 1. The van der Waals surface area contributed by atoms with Crippen LogP contribution in [0.1, 0.15) is 45.1 Å². The van der Waals surface area contributed by atoms with Gasteiger partial charge in [0.1, 0.15) is 0 Å². The van der Waals surface area contributed by atoms with Gasteiger partial charge in [-0.2, -0.15) is 0 Å². The Morgan fingerprint density at radius 3 is 2.19 bits per heavy atom. The molecule has 0 unspecified atom stereocenters. The molecule has 0 radical (unpaired) electrons. The summed E-state index contributed by atoms with van der Waals surface area (Å²) in [5, 5.41) is 0. The summed E-state index contributed by atoms with van der Waals surface area (Å²) in [5.41, 5.74) is 0.430. The average Bonchev–Trinajstić information content (AvgIpc) is 2.68. The molecule has 6 heteroatoms. The highest BCUT2D eigenvalue weighted by Gasteiger charge is 2.46. The molecule has 0 N–H and O–H groups in total. The highest BCUT2D eigenvalue weighted by Crippen LogP contribution is 2.39. The van der Waals surface area contributed by atoms with Gasteiger partial charge in [-0.25, -0.2) is 12.7 Å². The zero-order chi connectivity index (χ0) is 18.8. The van der Waals surface area contributed by atoms with E-state index in [-0.39, 0.29) is 11.7 Å². The van der Waals surface area contributed by atoms with Crippen LogP contribution in [0.3, 0.4) is 0 Å². The van der Waals surface area contributed by atoms with Crippen molar-refractivity contribution in [2.75, 3.05) is 31.9 Å². The quantitative estimate of drug-likeness (QED) is 0.809. The summed E-state index contributed by atoms with van der Waals surface area (Å²) in [4.78, 5) is 15.6. The van der Waals surface area contributed by atoms with Crippen LogP contribution in [0.25, 0.3) is 0 Å². The van der Waals surface area contributed by atoms with Gasteiger partial charge in [-0.1, -0.05) is 37.3 Å². The van der Waals surface area contributed by atoms with Gasteiger partial charge in [0.2, 0.25) is 15.9 Å². The Morgan fingerprint density at radius 2 is 1.65 bits per heavy atom. The van der Waals surface area contributed by atoms with Crippen molar-refractivity contribution < 1.29 is 13.2 Å². The van der Waals surface area contributed by atoms with E-state index >= 15 is 0 Å². The number of amides is 1. The van der Waals surface area contributed by atoms with Crippen molar-refractivity contribution in [3.8, 4) is 0 Å². The molecule has 144 valence electrons. The van der Waals surface area contributed by atoms with Crippen LogP contribution in [0.15, 0.2) is 30.3 Å². The lowest BCUT2D eigenvalue weighted by molar-refractivity contribution is -0.140. The fraction of sp³-hybridized carbons (Fsp3) is 0.650. The first-order valence-electron chi connectivity index (χ1n) is 9.72. The van der Waals surface area contributed by atoms with Gasteiger partial charge in [-0.15, -0.1) is 0 Å². The molecule has 0 aliphatic carbocycles. The van der Waals surface area contributed by atoms with Crippen molar-refractivity contribution in [2.24, 2.45) is 5.92 Å². The van der Waals surface area contributed by atoms with E-state index in [0.29, 0.717) is 31.8 Å². The minimum absolute atomic E-state index is 0.114. The van der Waals surface area contributed by atoms with E-state index in [4.69, 9.17) is 0 Å². The lowest BCUT2D eigenvalue weighted by Gasteiger charge is -2.44. The number of hydrogen-bond donors (Lipinski definition) is 0. The van der Waals surface area contributed by atoms with Crippen molar-refractivity contribution in [2.45, 2.75) is 44.9 Å². The van der Waals surface area contributed by atoms with Gasteiger partial charge in [-0.3, -0.25) is 4.79 Å². The number of hydrogen-bond acceptors (Lipinski definition) is 3. The maximum atomic E-state index is 13.6. The number of likely N-dealkylation sites (tertiary alicyclic amines) is 1. The fourth-order valence-electron chi connectivity index (χ4n) is 4.23. The number of sulfonamides is 1. The predicted molar refractivity (Wildman–Crippen MR) is 103 cm³/mol. The molecule has 1 amide bonds. The molecule has 0 spiro atoms. The molecule has 5 nitrogen and oxygen atoms in total. The summed E-state index contributed by atoms with van der Waals surface area (Å²) in [6.07, 6.45) is 3.21. The van der Waals surface area contributed by atoms with Gasteiger partial charge in [-0.05, 0) is 44.1 Å². The van der Waals surface area contributed by atoms with Crippen LogP contribution in [0, 0.1) is 5.92 Å². The Bertz CT molecular complexity index is 717. The van der Waals surface area contributed by atoms with Crippen LogP contribution in [-0.2, 0) is 20.2 Å². The first-order chi connectivity index (χ1) is 12.4. The summed E-state index contributed by atoms with van der Waals surface area (Å²) in [7, 11) is -3.20. The van der Waals surface area contributed by atoms with E-state index in [1.54, 1.807) is 11.2 Å². The number of benzene rings is 1. The van der Waals surface area contributed by atoms with Crippen LogP contribution in [0.4, 0.5) is 0 Å². The molecule has 2 fully saturated rings. The lowest BCUT2D eigenvalue weighted by Crippen LogP contribution is -2.55. The van der Waals surface area contributed by atoms with Gasteiger partial charge < -0.3 is 4.90 Å². The van der Waals surface area contributed by atoms with E-state index in [2.05, 4.69) is 6.92 Å². The summed E-state index contributed by atoms with van der Waals surface area (Å²) < 4.78 is 26.0. The van der Waals surface area contributed by atoms with Crippen LogP contribution in [-0.4, -0.2) is 55.5 Å². The number of nitrogens with zero attached hydrogens (tertiary/aromatic N) is 2. The minimum atomic E-state index is -3.20. The molecule has 1 aromatic rings. The molecule has 2 aliphatic rings. The number of carbonyl (C=O) groups excluding carboxylic acids is 1.